The van der Waals surface area contributed by atoms with Gasteiger partial charge in [0.15, 0.2) is 6.35 Å². The van der Waals surface area contributed by atoms with Gasteiger partial charge in [0, 0.05) is 35.8 Å². The van der Waals surface area contributed by atoms with Gasteiger partial charge >= 0.3 is 0 Å². The Hall–Kier alpha value is -3.17. The molecule has 4 N–H and O–H groups in total. The average Bonchev–Trinajstić information content (AvgIpc) is 3.46. The van der Waals surface area contributed by atoms with Crippen molar-refractivity contribution in [2.75, 3.05) is 5.32 Å². The molecule has 5 rings (SSSR count). The van der Waals surface area contributed by atoms with Gasteiger partial charge in [-0.1, -0.05) is 35.9 Å². The Morgan fingerprint density at radius 3 is 2.70 bits per heavy atom. The number of aryl methyl sites for hydroxylation is 1. The minimum absolute atomic E-state index is 0.451. The fraction of sp³-hybridized carbons (Fsp3) is 0.250. The van der Waals surface area contributed by atoms with Crippen LogP contribution in [-0.2, 0) is 13.5 Å². The van der Waals surface area contributed by atoms with E-state index in [4.69, 9.17) is 16.7 Å². The van der Waals surface area contributed by atoms with Gasteiger partial charge in [0.25, 0.3) is 0 Å². The number of hydrogen-bond donors (Lipinski definition) is 4. The van der Waals surface area contributed by atoms with Crippen molar-refractivity contribution < 1.29 is 10.2 Å². The summed E-state index contributed by atoms with van der Waals surface area (Å²) in [5, 5.41) is 37.4. The third kappa shape index (κ3) is 4.14. The Bertz CT molecular complexity index is 1290. The zero-order valence-electron chi connectivity index (χ0n) is 18.3. The summed E-state index contributed by atoms with van der Waals surface area (Å²) in [6.45, 7) is 1.95. The lowest BCUT2D eigenvalue weighted by molar-refractivity contribution is 0.0869. The van der Waals surface area contributed by atoms with Crippen LogP contribution in [0.1, 0.15) is 22.7 Å². The summed E-state index contributed by atoms with van der Waals surface area (Å²) >= 11 is 6.17. The van der Waals surface area contributed by atoms with Crippen LogP contribution in [0.15, 0.2) is 60.9 Å². The summed E-state index contributed by atoms with van der Waals surface area (Å²) in [4.78, 5) is 0. The SMILES string of the molecule is Cc1c(-c2cnn(C)c2)nn(-c2ccccc2)c1NC(O)NC1c2cc(Cl)ccc2C[C@H]1O. The maximum absolute atomic E-state index is 10.9. The van der Waals surface area contributed by atoms with Crippen molar-refractivity contribution in [2.24, 2.45) is 7.05 Å². The van der Waals surface area contributed by atoms with Crippen molar-refractivity contribution in [1.82, 2.24) is 24.9 Å². The number of nitrogens with one attached hydrogen (secondary N) is 2. The van der Waals surface area contributed by atoms with Crippen LogP contribution in [-0.4, -0.2) is 42.2 Å². The molecule has 0 saturated carbocycles. The highest BCUT2D eigenvalue weighted by molar-refractivity contribution is 6.30. The maximum atomic E-state index is 10.9. The Labute approximate surface area is 196 Å². The van der Waals surface area contributed by atoms with E-state index in [1.54, 1.807) is 15.6 Å². The Balaban J connectivity index is 1.46. The van der Waals surface area contributed by atoms with Gasteiger partial charge < -0.3 is 15.5 Å². The smallest absolute Gasteiger partial charge is 0.183 e. The first-order valence-electron chi connectivity index (χ1n) is 10.7. The van der Waals surface area contributed by atoms with Crippen molar-refractivity contribution in [2.45, 2.75) is 31.8 Å². The van der Waals surface area contributed by atoms with Gasteiger partial charge in [0.05, 0.1) is 24.0 Å². The van der Waals surface area contributed by atoms with Crippen molar-refractivity contribution in [3.63, 3.8) is 0 Å². The fourth-order valence-electron chi connectivity index (χ4n) is 4.37. The third-order valence-corrected chi connectivity index (χ3v) is 6.20. The van der Waals surface area contributed by atoms with Gasteiger partial charge in [-0.05, 0) is 42.3 Å². The van der Waals surface area contributed by atoms with Gasteiger partial charge in [0.1, 0.15) is 11.5 Å². The normalized spacial score (nSPS) is 18.3. The predicted octanol–water partition coefficient (Wildman–Crippen LogP) is 3.17. The molecule has 0 fully saturated rings. The van der Waals surface area contributed by atoms with Crippen LogP contribution < -0.4 is 10.6 Å². The summed E-state index contributed by atoms with van der Waals surface area (Å²) in [5.41, 5.74) is 5.26. The highest BCUT2D eigenvalue weighted by Gasteiger charge is 2.33. The molecule has 33 heavy (non-hydrogen) atoms. The molecule has 9 heteroatoms. The largest absolute Gasteiger partial charge is 0.391 e. The second kappa shape index (κ2) is 8.64. The molecule has 0 saturated heterocycles. The molecule has 1 aliphatic carbocycles. The Morgan fingerprint density at radius 1 is 1.18 bits per heavy atom. The molecule has 0 bridgehead atoms. The van der Waals surface area contributed by atoms with Crippen LogP contribution >= 0.6 is 11.6 Å². The molecule has 0 amide bonds. The van der Waals surface area contributed by atoms with E-state index in [0.717, 1.165) is 33.6 Å². The second-order valence-electron chi connectivity index (χ2n) is 8.28. The van der Waals surface area contributed by atoms with Crippen molar-refractivity contribution >= 4 is 17.4 Å². The molecule has 1 aliphatic rings. The average molecular weight is 465 g/mol. The van der Waals surface area contributed by atoms with E-state index >= 15 is 0 Å². The Kier molecular flexibility index (Phi) is 5.67. The monoisotopic (exact) mass is 464 g/mol. The van der Waals surface area contributed by atoms with Gasteiger partial charge in [-0.15, -0.1) is 0 Å². The van der Waals surface area contributed by atoms with E-state index in [-0.39, 0.29) is 0 Å². The number of benzene rings is 2. The molecule has 4 aromatic rings. The number of aliphatic hydroxyl groups excluding tert-OH is 2. The number of fused-ring (bicyclic) bond motifs is 1. The Morgan fingerprint density at radius 2 is 1.97 bits per heavy atom. The molecule has 3 atom stereocenters. The lowest BCUT2D eigenvalue weighted by Gasteiger charge is -2.24. The van der Waals surface area contributed by atoms with Crippen LogP contribution in [0.25, 0.3) is 16.9 Å². The first-order chi connectivity index (χ1) is 15.9. The van der Waals surface area contributed by atoms with E-state index in [1.165, 1.54) is 0 Å². The number of anilines is 1. The van der Waals surface area contributed by atoms with Gasteiger partial charge in [-0.3, -0.25) is 10.00 Å². The lowest BCUT2D eigenvalue weighted by atomic mass is 10.1. The van der Waals surface area contributed by atoms with Crippen LogP contribution in [0.5, 0.6) is 0 Å². The predicted molar refractivity (Wildman–Crippen MR) is 127 cm³/mol. The summed E-state index contributed by atoms with van der Waals surface area (Å²) in [6.07, 6.45) is 2.36. The molecule has 2 aromatic carbocycles. The maximum Gasteiger partial charge on any atom is 0.183 e. The summed E-state index contributed by atoms with van der Waals surface area (Å²) in [5.74, 6) is 0.638. The van der Waals surface area contributed by atoms with E-state index in [2.05, 4.69) is 15.7 Å². The molecule has 0 spiro atoms. The van der Waals surface area contributed by atoms with Crippen LogP contribution in [0.4, 0.5) is 5.82 Å². The number of aromatic nitrogens is 4. The zero-order valence-corrected chi connectivity index (χ0v) is 19.0. The van der Waals surface area contributed by atoms with Gasteiger partial charge in [0.2, 0.25) is 0 Å². The molecule has 8 nitrogen and oxygen atoms in total. The molecule has 2 aromatic heterocycles. The number of aliphatic hydroxyl groups is 2. The van der Waals surface area contributed by atoms with Gasteiger partial charge in [-0.25, -0.2) is 4.68 Å². The highest BCUT2D eigenvalue weighted by atomic mass is 35.5. The first-order valence-corrected chi connectivity index (χ1v) is 11.1. The van der Waals surface area contributed by atoms with Crippen LogP contribution in [0.2, 0.25) is 5.02 Å². The number of para-hydroxylation sites is 1. The topological polar surface area (TPSA) is 100 Å². The van der Waals surface area contributed by atoms with E-state index in [9.17, 15) is 10.2 Å². The molecule has 170 valence electrons. The number of hydrogen-bond acceptors (Lipinski definition) is 6. The number of rotatable bonds is 6. The van der Waals surface area contributed by atoms with Crippen LogP contribution in [0.3, 0.4) is 0 Å². The van der Waals surface area contributed by atoms with E-state index in [1.807, 2.05) is 68.7 Å². The lowest BCUT2D eigenvalue weighted by Crippen LogP contribution is -2.42. The minimum atomic E-state index is -1.14. The molecular weight excluding hydrogens is 440 g/mol. The van der Waals surface area contributed by atoms with Gasteiger partial charge in [-0.2, -0.15) is 10.2 Å². The van der Waals surface area contributed by atoms with Crippen LogP contribution in [0, 0.1) is 6.92 Å². The molecule has 0 radical (unpaired) electrons. The van der Waals surface area contributed by atoms with E-state index in [0.29, 0.717) is 17.3 Å². The standard InChI is InChI=1S/C24H25ClN6O2/c1-14-21(16-12-26-30(2)13-16)29-31(18-6-4-3-5-7-18)23(14)28-24(33)27-22-19-11-17(25)9-8-15(19)10-20(22)32/h3-9,11-13,20,22,24,27-28,32-33H,10H2,1-2H3/t20-,22?,24?/m1/s1. The summed E-state index contributed by atoms with van der Waals surface area (Å²) in [6, 6.07) is 14.8. The second-order valence-corrected chi connectivity index (χ2v) is 8.71. The minimum Gasteiger partial charge on any atom is -0.391 e. The summed E-state index contributed by atoms with van der Waals surface area (Å²) < 4.78 is 3.49. The van der Waals surface area contributed by atoms with Crippen molar-refractivity contribution in [3.8, 4) is 16.9 Å². The quantitative estimate of drug-likeness (QED) is 0.327. The third-order valence-electron chi connectivity index (χ3n) is 5.97. The molecule has 2 unspecified atom stereocenters. The van der Waals surface area contributed by atoms with Crippen molar-refractivity contribution in [1.29, 1.82) is 0 Å². The first kappa shape index (κ1) is 21.7. The number of nitrogens with zero attached hydrogens (tertiary/aromatic N) is 4. The highest BCUT2D eigenvalue weighted by Crippen LogP contribution is 2.34. The summed E-state index contributed by atoms with van der Waals surface area (Å²) in [7, 11) is 1.86. The molecule has 0 aliphatic heterocycles. The van der Waals surface area contributed by atoms with E-state index < -0.39 is 18.5 Å². The molecule has 2 heterocycles. The zero-order chi connectivity index (χ0) is 23.1. The van der Waals surface area contributed by atoms with Crippen molar-refractivity contribution in [3.05, 3.63) is 82.6 Å². The number of halogens is 1. The fourth-order valence-corrected chi connectivity index (χ4v) is 4.55. The molecular formula is C24H25ClN6O2.